The molecule has 2 fully saturated rings. The molecule has 1 N–H and O–H groups in total. The summed E-state index contributed by atoms with van der Waals surface area (Å²) in [4.78, 5) is 1.41. The summed E-state index contributed by atoms with van der Waals surface area (Å²) in [6.07, 6.45) is 9.80. The first-order valence-electron chi connectivity index (χ1n) is 8.22. The number of nitrogens with one attached hydrogen (secondary N) is 1. The zero-order chi connectivity index (χ0) is 14.7. The van der Waals surface area contributed by atoms with Gasteiger partial charge in [-0.05, 0) is 56.5 Å². The predicted octanol–water partition coefficient (Wildman–Crippen LogP) is 4.41. The van der Waals surface area contributed by atoms with E-state index in [1.807, 2.05) is 11.8 Å². The number of hydrogen-bond donors (Lipinski definition) is 1. The molecule has 2 nitrogen and oxygen atoms in total. The smallest absolute Gasteiger partial charge is 0.0686 e. The molecule has 0 radical (unpaired) electrons. The van der Waals surface area contributed by atoms with Crippen LogP contribution in [0.3, 0.4) is 0 Å². The molecule has 21 heavy (non-hydrogen) atoms. The van der Waals surface area contributed by atoms with E-state index < -0.39 is 0 Å². The Labute approximate surface area is 133 Å². The highest BCUT2D eigenvalue weighted by Crippen LogP contribution is 2.46. The van der Waals surface area contributed by atoms with Crippen molar-refractivity contribution in [2.75, 3.05) is 19.9 Å². The SMILES string of the molecule is CNC(c1ccccc1SC)C1CCOC2(CCCC2)C1. The fraction of sp³-hybridized carbons (Fsp3) is 0.667. The standard InChI is InChI=1S/C18H27NOS/c1-19-17(15-7-3-4-8-16(15)21-2)14-9-12-20-18(13-14)10-5-6-11-18/h3-4,7-8,14,17,19H,5-6,9-13H2,1-2H3. The Bertz CT molecular complexity index is 470. The molecule has 1 spiro atoms. The minimum Gasteiger partial charge on any atom is -0.375 e. The molecule has 1 aliphatic heterocycles. The summed E-state index contributed by atoms with van der Waals surface area (Å²) in [5.41, 5.74) is 1.67. The van der Waals surface area contributed by atoms with Crippen molar-refractivity contribution >= 4 is 11.8 Å². The van der Waals surface area contributed by atoms with Gasteiger partial charge in [-0.2, -0.15) is 0 Å². The van der Waals surface area contributed by atoms with E-state index in [2.05, 4.69) is 42.9 Å². The summed E-state index contributed by atoms with van der Waals surface area (Å²) >= 11 is 1.86. The van der Waals surface area contributed by atoms with Crippen molar-refractivity contribution in [2.24, 2.45) is 5.92 Å². The van der Waals surface area contributed by atoms with Gasteiger partial charge in [-0.15, -0.1) is 11.8 Å². The van der Waals surface area contributed by atoms with Crippen LogP contribution in [0.2, 0.25) is 0 Å². The third-order valence-electron chi connectivity index (χ3n) is 5.30. The highest BCUT2D eigenvalue weighted by molar-refractivity contribution is 7.98. The quantitative estimate of drug-likeness (QED) is 0.833. The molecule has 1 heterocycles. The molecular weight excluding hydrogens is 278 g/mol. The molecule has 2 atom stereocenters. The van der Waals surface area contributed by atoms with Crippen LogP contribution in [0.25, 0.3) is 0 Å². The van der Waals surface area contributed by atoms with Gasteiger partial charge in [0.15, 0.2) is 0 Å². The van der Waals surface area contributed by atoms with E-state index in [4.69, 9.17) is 4.74 Å². The third-order valence-corrected chi connectivity index (χ3v) is 6.11. The van der Waals surface area contributed by atoms with E-state index in [-0.39, 0.29) is 5.60 Å². The molecular formula is C18H27NOS. The Balaban J connectivity index is 1.82. The lowest BCUT2D eigenvalue weighted by molar-refractivity contribution is -0.0980. The maximum absolute atomic E-state index is 6.21. The number of benzene rings is 1. The molecule has 2 unspecified atom stereocenters. The van der Waals surface area contributed by atoms with Crippen LogP contribution in [0, 0.1) is 5.92 Å². The van der Waals surface area contributed by atoms with Crippen LogP contribution in [0.4, 0.5) is 0 Å². The molecule has 1 saturated heterocycles. The van der Waals surface area contributed by atoms with Crippen LogP contribution in [0.5, 0.6) is 0 Å². The molecule has 1 aliphatic carbocycles. The fourth-order valence-electron chi connectivity index (χ4n) is 4.29. The summed E-state index contributed by atoms with van der Waals surface area (Å²) in [6, 6.07) is 9.31. The molecule has 1 saturated carbocycles. The highest BCUT2D eigenvalue weighted by atomic mass is 32.2. The molecule has 3 rings (SSSR count). The Morgan fingerprint density at radius 2 is 2.05 bits per heavy atom. The second-order valence-corrected chi connectivity index (χ2v) is 7.35. The van der Waals surface area contributed by atoms with Gasteiger partial charge in [0, 0.05) is 17.5 Å². The molecule has 1 aromatic rings. The summed E-state index contributed by atoms with van der Waals surface area (Å²) in [7, 11) is 2.11. The van der Waals surface area contributed by atoms with Crippen molar-refractivity contribution in [3.63, 3.8) is 0 Å². The van der Waals surface area contributed by atoms with Crippen LogP contribution in [-0.4, -0.2) is 25.5 Å². The predicted molar refractivity (Wildman–Crippen MR) is 89.9 cm³/mol. The maximum Gasteiger partial charge on any atom is 0.0686 e. The Kier molecular flexibility index (Phi) is 4.92. The van der Waals surface area contributed by atoms with Crippen LogP contribution < -0.4 is 5.32 Å². The van der Waals surface area contributed by atoms with Gasteiger partial charge in [0.25, 0.3) is 0 Å². The van der Waals surface area contributed by atoms with E-state index in [0.29, 0.717) is 12.0 Å². The van der Waals surface area contributed by atoms with Crippen LogP contribution in [0.1, 0.15) is 50.1 Å². The molecule has 1 aromatic carbocycles. The monoisotopic (exact) mass is 305 g/mol. The van der Waals surface area contributed by atoms with Crippen LogP contribution >= 0.6 is 11.8 Å². The number of rotatable bonds is 4. The van der Waals surface area contributed by atoms with Crippen molar-refractivity contribution in [2.45, 2.75) is 55.1 Å². The van der Waals surface area contributed by atoms with E-state index in [1.54, 1.807) is 0 Å². The lowest BCUT2D eigenvalue weighted by Gasteiger charge is -2.41. The zero-order valence-electron chi connectivity index (χ0n) is 13.2. The van der Waals surface area contributed by atoms with Crippen LogP contribution in [0.15, 0.2) is 29.2 Å². The summed E-state index contributed by atoms with van der Waals surface area (Å²) in [5.74, 6) is 0.690. The molecule has 2 aliphatic rings. The minimum atomic E-state index is 0.201. The van der Waals surface area contributed by atoms with Crippen molar-refractivity contribution in [1.29, 1.82) is 0 Å². The maximum atomic E-state index is 6.21. The lowest BCUT2D eigenvalue weighted by Crippen LogP contribution is -2.41. The van der Waals surface area contributed by atoms with Gasteiger partial charge in [0.2, 0.25) is 0 Å². The molecule has 3 heteroatoms. The van der Waals surface area contributed by atoms with Gasteiger partial charge in [0.05, 0.1) is 5.60 Å². The largest absolute Gasteiger partial charge is 0.375 e. The zero-order valence-corrected chi connectivity index (χ0v) is 14.0. The normalized spacial score (nSPS) is 26.1. The van der Waals surface area contributed by atoms with Gasteiger partial charge >= 0.3 is 0 Å². The first-order valence-corrected chi connectivity index (χ1v) is 9.45. The molecule has 0 bridgehead atoms. The second kappa shape index (κ2) is 6.72. The van der Waals surface area contributed by atoms with Gasteiger partial charge < -0.3 is 10.1 Å². The van der Waals surface area contributed by atoms with E-state index in [0.717, 1.165) is 6.61 Å². The fourth-order valence-corrected chi connectivity index (χ4v) is 4.93. The Hall–Kier alpha value is -0.510. The van der Waals surface area contributed by atoms with Gasteiger partial charge in [-0.25, -0.2) is 0 Å². The molecule has 0 aromatic heterocycles. The second-order valence-electron chi connectivity index (χ2n) is 6.50. The number of thioether (sulfide) groups is 1. The first-order chi connectivity index (χ1) is 10.3. The summed E-state index contributed by atoms with van der Waals surface area (Å²) < 4.78 is 6.21. The van der Waals surface area contributed by atoms with Gasteiger partial charge in [-0.3, -0.25) is 0 Å². The highest BCUT2D eigenvalue weighted by Gasteiger charge is 2.42. The van der Waals surface area contributed by atoms with Crippen molar-refractivity contribution in [1.82, 2.24) is 5.32 Å². The van der Waals surface area contributed by atoms with E-state index in [9.17, 15) is 0 Å². The van der Waals surface area contributed by atoms with Crippen molar-refractivity contribution in [3.05, 3.63) is 29.8 Å². The number of hydrogen-bond acceptors (Lipinski definition) is 3. The van der Waals surface area contributed by atoms with Gasteiger partial charge in [-0.1, -0.05) is 31.0 Å². The van der Waals surface area contributed by atoms with Crippen LogP contribution in [-0.2, 0) is 4.74 Å². The van der Waals surface area contributed by atoms with Crippen molar-refractivity contribution in [3.8, 4) is 0 Å². The summed E-state index contributed by atoms with van der Waals surface area (Å²) in [5, 5.41) is 3.60. The third kappa shape index (κ3) is 3.15. The Morgan fingerprint density at radius 3 is 2.76 bits per heavy atom. The minimum absolute atomic E-state index is 0.201. The van der Waals surface area contributed by atoms with E-state index in [1.165, 1.54) is 49.0 Å². The Morgan fingerprint density at radius 1 is 1.29 bits per heavy atom. The average Bonchev–Trinajstić information content (AvgIpc) is 2.96. The van der Waals surface area contributed by atoms with Crippen molar-refractivity contribution < 1.29 is 4.74 Å². The first kappa shape index (κ1) is 15.4. The van der Waals surface area contributed by atoms with E-state index >= 15 is 0 Å². The molecule has 116 valence electrons. The number of ether oxygens (including phenoxy) is 1. The molecule has 0 amide bonds. The lowest BCUT2D eigenvalue weighted by atomic mass is 9.78. The summed E-state index contributed by atoms with van der Waals surface area (Å²) in [6.45, 7) is 0.935. The van der Waals surface area contributed by atoms with Gasteiger partial charge in [0.1, 0.15) is 0 Å². The average molecular weight is 305 g/mol. The topological polar surface area (TPSA) is 21.3 Å².